The van der Waals surface area contributed by atoms with Crippen molar-refractivity contribution in [2.24, 2.45) is 5.73 Å². The van der Waals surface area contributed by atoms with Gasteiger partial charge in [0.05, 0.1) is 6.42 Å². The molecule has 3 heteroatoms. The summed E-state index contributed by atoms with van der Waals surface area (Å²) in [5, 5.41) is 0. The number of rotatable bonds is 6. The zero-order chi connectivity index (χ0) is 13.5. The Hall–Kier alpha value is -1.61. The highest BCUT2D eigenvalue weighted by molar-refractivity contribution is 5.79. The smallest absolute Gasteiger partial charge is 0.227 e. The first kappa shape index (κ1) is 14.5. The molecule has 0 saturated carbocycles. The molecule has 0 bridgehead atoms. The maximum atomic E-state index is 12.2. The van der Waals surface area contributed by atoms with E-state index >= 15 is 0 Å². The quantitative estimate of drug-likeness (QED) is 0.781. The minimum Gasteiger partial charge on any atom is -0.339 e. The molecule has 0 aliphatic carbocycles. The lowest BCUT2D eigenvalue weighted by molar-refractivity contribution is -0.129. The van der Waals surface area contributed by atoms with Gasteiger partial charge >= 0.3 is 0 Å². The van der Waals surface area contributed by atoms with Crippen LogP contribution in [0.3, 0.4) is 0 Å². The van der Waals surface area contributed by atoms with Crippen molar-refractivity contribution in [2.45, 2.75) is 26.8 Å². The van der Waals surface area contributed by atoms with Crippen LogP contribution in [-0.4, -0.2) is 23.9 Å². The SMILES string of the molecule is C=C(C)CN(CC)C(=O)Cc1ccccc1CN. The second-order valence-corrected chi connectivity index (χ2v) is 4.51. The topological polar surface area (TPSA) is 46.3 Å². The summed E-state index contributed by atoms with van der Waals surface area (Å²) in [7, 11) is 0. The average molecular weight is 246 g/mol. The predicted molar refractivity (Wildman–Crippen MR) is 75.1 cm³/mol. The second-order valence-electron chi connectivity index (χ2n) is 4.51. The predicted octanol–water partition coefficient (Wildman–Crippen LogP) is 2.11. The summed E-state index contributed by atoms with van der Waals surface area (Å²) >= 11 is 0. The molecule has 0 aromatic heterocycles. The molecule has 18 heavy (non-hydrogen) atoms. The minimum atomic E-state index is 0.126. The van der Waals surface area contributed by atoms with E-state index in [9.17, 15) is 4.79 Å². The molecule has 0 fully saturated rings. The summed E-state index contributed by atoms with van der Waals surface area (Å²) in [6.45, 7) is 9.57. The Morgan fingerprint density at radius 3 is 2.44 bits per heavy atom. The number of amides is 1. The van der Waals surface area contributed by atoms with E-state index in [1.54, 1.807) is 0 Å². The summed E-state index contributed by atoms with van der Waals surface area (Å²) in [5.74, 6) is 0.126. The molecule has 0 atom stereocenters. The van der Waals surface area contributed by atoms with Gasteiger partial charge in [0, 0.05) is 19.6 Å². The van der Waals surface area contributed by atoms with Crippen LogP contribution in [0.5, 0.6) is 0 Å². The van der Waals surface area contributed by atoms with E-state index in [-0.39, 0.29) is 5.91 Å². The van der Waals surface area contributed by atoms with Gasteiger partial charge in [-0.05, 0) is 25.0 Å². The molecule has 0 aliphatic rings. The van der Waals surface area contributed by atoms with Crippen molar-refractivity contribution in [1.29, 1.82) is 0 Å². The van der Waals surface area contributed by atoms with Gasteiger partial charge in [-0.1, -0.05) is 36.4 Å². The van der Waals surface area contributed by atoms with Gasteiger partial charge in [-0.3, -0.25) is 4.79 Å². The van der Waals surface area contributed by atoms with E-state index in [0.29, 0.717) is 26.1 Å². The molecule has 0 aliphatic heterocycles. The van der Waals surface area contributed by atoms with E-state index < -0.39 is 0 Å². The normalized spacial score (nSPS) is 10.2. The number of carbonyl (C=O) groups excluding carboxylic acids is 1. The van der Waals surface area contributed by atoms with Crippen molar-refractivity contribution in [3.05, 3.63) is 47.5 Å². The molecule has 0 heterocycles. The molecule has 0 radical (unpaired) electrons. The van der Waals surface area contributed by atoms with Crippen LogP contribution in [0.2, 0.25) is 0 Å². The van der Waals surface area contributed by atoms with Gasteiger partial charge < -0.3 is 10.6 Å². The zero-order valence-electron chi connectivity index (χ0n) is 11.3. The second kappa shape index (κ2) is 6.97. The highest BCUT2D eigenvalue weighted by Crippen LogP contribution is 2.10. The van der Waals surface area contributed by atoms with Crippen LogP contribution in [-0.2, 0) is 17.8 Å². The molecule has 1 rings (SSSR count). The lowest BCUT2D eigenvalue weighted by Crippen LogP contribution is -2.33. The average Bonchev–Trinajstić information content (AvgIpc) is 2.36. The summed E-state index contributed by atoms with van der Waals surface area (Å²) < 4.78 is 0. The Bertz CT molecular complexity index is 426. The fourth-order valence-corrected chi connectivity index (χ4v) is 1.91. The van der Waals surface area contributed by atoms with Crippen LogP contribution in [0.25, 0.3) is 0 Å². The van der Waals surface area contributed by atoms with Crippen molar-refractivity contribution in [3.63, 3.8) is 0 Å². The molecule has 98 valence electrons. The van der Waals surface area contributed by atoms with Crippen molar-refractivity contribution in [3.8, 4) is 0 Å². The number of nitrogens with two attached hydrogens (primary N) is 1. The highest BCUT2D eigenvalue weighted by Gasteiger charge is 2.13. The van der Waals surface area contributed by atoms with Crippen LogP contribution in [0.1, 0.15) is 25.0 Å². The van der Waals surface area contributed by atoms with Crippen molar-refractivity contribution in [1.82, 2.24) is 4.90 Å². The minimum absolute atomic E-state index is 0.126. The van der Waals surface area contributed by atoms with Gasteiger partial charge in [0.1, 0.15) is 0 Å². The molecule has 1 amide bonds. The lowest BCUT2D eigenvalue weighted by Gasteiger charge is -2.21. The number of benzene rings is 1. The van der Waals surface area contributed by atoms with Crippen LogP contribution < -0.4 is 5.73 Å². The fourth-order valence-electron chi connectivity index (χ4n) is 1.91. The zero-order valence-corrected chi connectivity index (χ0v) is 11.3. The van der Waals surface area contributed by atoms with Gasteiger partial charge in [-0.25, -0.2) is 0 Å². The van der Waals surface area contributed by atoms with E-state index in [1.165, 1.54) is 0 Å². The Morgan fingerprint density at radius 1 is 1.33 bits per heavy atom. The Morgan fingerprint density at radius 2 is 1.94 bits per heavy atom. The maximum Gasteiger partial charge on any atom is 0.227 e. The van der Waals surface area contributed by atoms with Crippen molar-refractivity contribution in [2.75, 3.05) is 13.1 Å². The Balaban J connectivity index is 2.76. The first-order valence-electron chi connectivity index (χ1n) is 6.27. The number of nitrogens with zero attached hydrogens (tertiary/aromatic N) is 1. The van der Waals surface area contributed by atoms with Gasteiger partial charge in [-0.2, -0.15) is 0 Å². The van der Waals surface area contributed by atoms with Crippen molar-refractivity contribution < 1.29 is 4.79 Å². The molecule has 0 spiro atoms. The molecule has 0 saturated heterocycles. The van der Waals surface area contributed by atoms with E-state index in [4.69, 9.17) is 5.73 Å². The molecule has 1 aromatic rings. The van der Waals surface area contributed by atoms with E-state index in [2.05, 4.69) is 6.58 Å². The standard InChI is InChI=1S/C15H22N2O/c1-4-17(11-12(2)3)15(18)9-13-7-5-6-8-14(13)10-16/h5-8H,2,4,9-11,16H2,1,3H3. The van der Waals surface area contributed by atoms with Gasteiger partial charge in [0.15, 0.2) is 0 Å². The molecule has 2 N–H and O–H groups in total. The summed E-state index contributed by atoms with van der Waals surface area (Å²) in [4.78, 5) is 14.0. The summed E-state index contributed by atoms with van der Waals surface area (Å²) in [5.41, 5.74) is 8.73. The first-order valence-corrected chi connectivity index (χ1v) is 6.27. The Kier molecular flexibility index (Phi) is 5.59. The third-order valence-electron chi connectivity index (χ3n) is 2.88. The van der Waals surface area contributed by atoms with Crippen LogP contribution in [0.15, 0.2) is 36.4 Å². The van der Waals surface area contributed by atoms with Crippen LogP contribution >= 0.6 is 0 Å². The third-order valence-corrected chi connectivity index (χ3v) is 2.88. The van der Waals surface area contributed by atoms with Gasteiger partial charge in [-0.15, -0.1) is 0 Å². The molecular weight excluding hydrogens is 224 g/mol. The Labute approximate surface area is 109 Å². The van der Waals surface area contributed by atoms with E-state index in [1.807, 2.05) is 43.0 Å². The van der Waals surface area contributed by atoms with Crippen LogP contribution in [0.4, 0.5) is 0 Å². The van der Waals surface area contributed by atoms with E-state index in [0.717, 1.165) is 16.7 Å². The summed E-state index contributed by atoms with van der Waals surface area (Å²) in [6.07, 6.45) is 0.411. The monoisotopic (exact) mass is 246 g/mol. The van der Waals surface area contributed by atoms with Gasteiger partial charge in [0.25, 0.3) is 0 Å². The molecular formula is C15H22N2O. The van der Waals surface area contributed by atoms with Gasteiger partial charge in [0.2, 0.25) is 5.91 Å². The fraction of sp³-hybridized carbons (Fsp3) is 0.400. The molecule has 1 aromatic carbocycles. The number of hydrogen-bond acceptors (Lipinski definition) is 2. The van der Waals surface area contributed by atoms with Crippen molar-refractivity contribution >= 4 is 5.91 Å². The maximum absolute atomic E-state index is 12.2. The highest BCUT2D eigenvalue weighted by atomic mass is 16.2. The lowest BCUT2D eigenvalue weighted by atomic mass is 10.0. The third kappa shape index (κ3) is 4.00. The number of carbonyl (C=O) groups is 1. The molecule has 0 unspecified atom stereocenters. The largest absolute Gasteiger partial charge is 0.339 e. The number of likely N-dealkylation sites (N-methyl/N-ethyl adjacent to an activating group) is 1. The number of hydrogen-bond donors (Lipinski definition) is 1. The molecule has 3 nitrogen and oxygen atoms in total. The summed E-state index contributed by atoms with van der Waals surface area (Å²) in [6, 6.07) is 7.82. The first-order chi connectivity index (χ1) is 8.58. The van der Waals surface area contributed by atoms with Crippen LogP contribution in [0, 0.1) is 0 Å².